The fraction of sp³-hybridized carbons (Fsp3) is 0.333. The van der Waals surface area contributed by atoms with Crippen LogP contribution in [0.1, 0.15) is 12.0 Å². The van der Waals surface area contributed by atoms with Crippen LogP contribution in [0.3, 0.4) is 0 Å². The molecule has 0 aliphatic carbocycles. The Bertz CT molecular complexity index is 1370. The monoisotopic (exact) mass is 519 g/mol. The number of hydrogen-bond acceptors (Lipinski definition) is 6. The van der Waals surface area contributed by atoms with Gasteiger partial charge >= 0.3 is 0 Å². The van der Waals surface area contributed by atoms with Crippen LogP contribution in [0.5, 0.6) is 0 Å². The molecule has 2 saturated heterocycles. The second-order valence-corrected chi connectivity index (χ2v) is 10.9. The Hall–Kier alpha value is -2.82. The lowest BCUT2D eigenvalue weighted by molar-refractivity contribution is 0.223. The second kappa shape index (κ2) is 9.33. The van der Waals surface area contributed by atoms with E-state index in [2.05, 4.69) is 19.6 Å². The Kier molecular flexibility index (Phi) is 6.37. The molecule has 2 atom stereocenters. The first kappa shape index (κ1) is 23.9. The molecule has 2 aromatic heterocycles. The molecule has 35 heavy (non-hydrogen) atoms. The summed E-state index contributed by atoms with van der Waals surface area (Å²) < 4.78 is 56.3. The van der Waals surface area contributed by atoms with E-state index in [1.165, 1.54) is 30.3 Å². The van der Waals surface area contributed by atoms with Crippen LogP contribution < -0.4 is 9.62 Å². The highest BCUT2D eigenvalue weighted by atomic mass is 35.5. The third-order valence-corrected chi connectivity index (χ3v) is 7.97. The maximum absolute atomic E-state index is 13.8. The molecule has 11 heteroatoms. The number of rotatable bonds is 5. The zero-order chi connectivity index (χ0) is 24.7. The van der Waals surface area contributed by atoms with Gasteiger partial charge in [0, 0.05) is 37.8 Å². The normalized spacial score (nSPS) is 20.6. The van der Waals surface area contributed by atoms with Gasteiger partial charge in [0.15, 0.2) is 5.03 Å². The number of aryl methyl sites for hydroxylation is 1. The van der Waals surface area contributed by atoms with E-state index in [0.29, 0.717) is 44.0 Å². The molecule has 1 N–H and O–H groups in total. The molecule has 0 bridgehead atoms. The van der Waals surface area contributed by atoms with Crippen molar-refractivity contribution in [3.05, 3.63) is 64.9 Å². The number of aromatic nitrogens is 2. The molecule has 0 unspecified atom stereocenters. The molecule has 2 aliphatic heterocycles. The largest absolute Gasteiger partial charge is 0.354 e. The summed E-state index contributed by atoms with van der Waals surface area (Å²) in [6, 6.07) is 12.1. The number of benzene rings is 1. The summed E-state index contributed by atoms with van der Waals surface area (Å²) in [6.45, 7) is 4.19. The molecule has 0 saturated carbocycles. The Morgan fingerprint density at radius 2 is 1.91 bits per heavy atom. The summed E-state index contributed by atoms with van der Waals surface area (Å²) in [5, 5.41) is 0.107. The van der Waals surface area contributed by atoms with Gasteiger partial charge in [-0.1, -0.05) is 23.7 Å². The molecule has 2 fully saturated rings. The van der Waals surface area contributed by atoms with E-state index >= 15 is 0 Å². The molecule has 3 aromatic rings. The third kappa shape index (κ3) is 4.96. The van der Waals surface area contributed by atoms with E-state index in [4.69, 9.17) is 11.6 Å². The number of pyridine rings is 2. The average Bonchev–Trinajstić information content (AvgIpc) is 3.21. The van der Waals surface area contributed by atoms with Crippen LogP contribution in [0.2, 0.25) is 5.02 Å². The average molecular weight is 520 g/mol. The number of nitrogens with one attached hydrogen (secondary N) is 1. The molecule has 2 aliphatic rings. The minimum atomic E-state index is -4.07. The third-order valence-electron chi connectivity index (χ3n) is 6.41. The van der Waals surface area contributed by atoms with E-state index in [1.54, 1.807) is 25.1 Å². The maximum Gasteiger partial charge on any atom is 0.280 e. The first-order valence-corrected chi connectivity index (χ1v) is 13.1. The fourth-order valence-corrected chi connectivity index (χ4v) is 5.82. The van der Waals surface area contributed by atoms with Gasteiger partial charge in [0.2, 0.25) is 0 Å². The first-order valence-electron chi connectivity index (χ1n) is 11.3. The molecular weight excluding hydrogens is 496 g/mol. The van der Waals surface area contributed by atoms with E-state index in [9.17, 15) is 17.2 Å². The smallest absolute Gasteiger partial charge is 0.280 e. The van der Waals surface area contributed by atoms with Crippen molar-refractivity contribution in [1.29, 1.82) is 0 Å². The lowest BCUT2D eigenvalue weighted by Gasteiger charge is -2.37. The van der Waals surface area contributed by atoms with Crippen LogP contribution in [0.4, 0.5) is 20.4 Å². The number of sulfonamides is 1. The van der Waals surface area contributed by atoms with Gasteiger partial charge in [-0.25, -0.2) is 18.7 Å². The standard InChI is InChI=1S/C24H24ClF2N5O2S/c1-15-5-6-16(26)12-19(15)24-20(25)7-8-21(28-24)30-35(33,34)23-4-2-3-22(29-23)32-10-9-31-13-17(27)11-18(31)14-32/h2-8,12,17-18H,9-11,13-14H2,1H3,(H,28,30)/t17-,18+/m0/s1. The van der Waals surface area contributed by atoms with Gasteiger partial charge in [0.1, 0.15) is 23.6 Å². The lowest BCUT2D eigenvalue weighted by Crippen LogP contribution is -2.50. The molecule has 4 heterocycles. The first-order chi connectivity index (χ1) is 16.7. The van der Waals surface area contributed by atoms with Crippen LogP contribution in [-0.4, -0.2) is 61.7 Å². The number of halogens is 3. The topological polar surface area (TPSA) is 78.4 Å². The van der Waals surface area contributed by atoms with Gasteiger partial charge in [-0.15, -0.1) is 0 Å². The highest BCUT2D eigenvalue weighted by Crippen LogP contribution is 2.31. The molecule has 1 aromatic carbocycles. The number of alkyl halides is 1. The van der Waals surface area contributed by atoms with Crippen molar-refractivity contribution in [3.63, 3.8) is 0 Å². The zero-order valence-corrected chi connectivity index (χ0v) is 20.5. The predicted octanol–water partition coefficient (Wildman–Crippen LogP) is 4.28. The zero-order valence-electron chi connectivity index (χ0n) is 19.0. The predicted molar refractivity (Wildman–Crippen MR) is 132 cm³/mol. The van der Waals surface area contributed by atoms with Gasteiger partial charge < -0.3 is 4.90 Å². The van der Waals surface area contributed by atoms with Crippen molar-refractivity contribution in [2.45, 2.75) is 30.6 Å². The molecule has 5 rings (SSSR count). The highest BCUT2D eigenvalue weighted by molar-refractivity contribution is 7.92. The Balaban J connectivity index is 1.39. The van der Waals surface area contributed by atoms with E-state index < -0.39 is 22.0 Å². The van der Waals surface area contributed by atoms with Crippen molar-refractivity contribution < 1.29 is 17.2 Å². The molecule has 0 radical (unpaired) electrons. The van der Waals surface area contributed by atoms with Crippen LogP contribution in [0.15, 0.2) is 53.6 Å². The van der Waals surface area contributed by atoms with Gasteiger partial charge in [-0.05, 0) is 55.3 Å². The highest BCUT2D eigenvalue weighted by Gasteiger charge is 2.36. The van der Waals surface area contributed by atoms with Gasteiger partial charge in [0.25, 0.3) is 10.0 Å². The molecule has 7 nitrogen and oxygen atoms in total. The van der Waals surface area contributed by atoms with Crippen molar-refractivity contribution in [2.24, 2.45) is 0 Å². The maximum atomic E-state index is 13.8. The summed E-state index contributed by atoms with van der Waals surface area (Å²) in [5.74, 6) is 0.111. The van der Waals surface area contributed by atoms with Crippen molar-refractivity contribution in [1.82, 2.24) is 14.9 Å². The van der Waals surface area contributed by atoms with Crippen LogP contribution >= 0.6 is 11.6 Å². The Labute approximate surface area is 207 Å². The quantitative estimate of drug-likeness (QED) is 0.542. The number of nitrogens with zero attached hydrogens (tertiary/aromatic N) is 4. The fourth-order valence-electron chi connectivity index (χ4n) is 4.65. The van der Waals surface area contributed by atoms with Crippen molar-refractivity contribution in [2.75, 3.05) is 35.8 Å². The molecule has 184 valence electrons. The summed E-state index contributed by atoms with van der Waals surface area (Å²) in [5.41, 5.74) is 1.49. The van der Waals surface area contributed by atoms with Crippen LogP contribution in [-0.2, 0) is 10.0 Å². The van der Waals surface area contributed by atoms with E-state index in [1.807, 2.05) is 4.90 Å². The van der Waals surface area contributed by atoms with Crippen molar-refractivity contribution in [3.8, 4) is 11.3 Å². The minimum absolute atomic E-state index is 0.0359. The number of piperazine rings is 1. The SMILES string of the molecule is Cc1ccc(F)cc1-c1nc(NS(=O)(=O)c2cccc(N3CCN4C[C@@H](F)C[C@@H]4C3)n2)ccc1Cl. The molecule has 0 spiro atoms. The van der Waals surface area contributed by atoms with Gasteiger partial charge in [-0.3, -0.25) is 9.62 Å². The summed E-state index contributed by atoms with van der Waals surface area (Å²) >= 11 is 6.29. The summed E-state index contributed by atoms with van der Waals surface area (Å²) in [6.07, 6.45) is -0.345. The van der Waals surface area contributed by atoms with Crippen molar-refractivity contribution >= 4 is 33.3 Å². The van der Waals surface area contributed by atoms with Crippen LogP contribution in [0.25, 0.3) is 11.3 Å². The number of anilines is 2. The molecule has 0 amide bonds. The van der Waals surface area contributed by atoms with E-state index in [0.717, 1.165) is 5.56 Å². The minimum Gasteiger partial charge on any atom is -0.354 e. The van der Waals surface area contributed by atoms with Crippen LogP contribution in [0, 0.1) is 12.7 Å². The summed E-state index contributed by atoms with van der Waals surface area (Å²) in [4.78, 5) is 12.8. The second-order valence-electron chi connectivity index (χ2n) is 8.85. The van der Waals surface area contributed by atoms with Gasteiger partial charge in [0.05, 0.1) is 10.7 Å². The summed E-state index contributed by atoms with van der Waals surface area (Å²) in [7, 11) is -4.07. The Morgan fingerprint density at radius 1 is 1.09 bits per heavy atom. The molecular formula is C24H24ClF2N5O2S. The lowest BCUT2D eigenvalue weighted by atomic mass is 10.0. The number of hydrogen-bond donors (Lipinski definition) is 1. The van der Waals surface area contributed by atoms with Gasteiger partial charge in [-0.2, -0.15) is 8.42 Å². The Morgan fingerprint density at radius 3 is 2.74 bits per heavy atom. The van der Waals surface area contributed by atoms with E-state index in [-0.39, 0.29) is 27.6 Å². The number of fused-ring (bicyclic) bond motifs is 1.